The third-order valence-electron chi connectivity index (χ3n) is 3.50. The zero-order valence-electron chi connectivity index (χ0n) is 14.7. The summed E-state index contributed by atoms with van der Waals surface area (Å²) in [6.45, 7) is 1.58. The summed E-state index contributed by atoms with van der Waals surface area (Å²) < 4.78 is 58.8. The van der Waals surface area contributed by atoms with Crippen LogP contribution in [0.1, 0.15) is 16.8 Å². The van der Waals surface area contributed by atoms with E-state index in [9.17, 15) is 17.6 Å². The van der Waals surface area contributed by atoms with Crippen LogP contribution >= 0.6 is 11.6 Å². The summed E-state index contributed by atoms with van der Waals surface area (Å²) >= 11 is 6.13. The van der Waals surface area contributed by atoms with E-state index in [1.807, 2.05) is 0 Å². The Morgan fingerprint density at radius 2 is 1.96 bits per heavy atom. The molecule has 0 radical (unpaired) electrons. The molecule has 0 fully saturated rings. The number of halogens is 5. The Labute approximate surface area is 157 Å². The number of hydrogen-bond donors (Lipinski definition) is 0. The minimum atomic E-state index is -4.88. The molecular formula is C17H14ClF4N3O2. The summed E-state index contributed by atoms with van der Waals surface area (Å²) in [5.74, 6) is 3.70. The molecule has 0 unspecified atom stereocenters. The molecule has 0 aliphatic heterocycles. The highest BCUT2D eigenvalue weighted by molar-refractivity contribution is 6.32. The van der Waals surface area contributed by atoms with Crippen molar-refractivity contribution in [3.8, 4) is 23.1 Å². The first kappa shape index (κ1) is 20.6. The topological polar surface area (TPSA) is 48.6 Å². The van der Waals surface area contributed by atoms with E-state index in [4.69, 9.17) is 16.3 Å². The number of oxime groups is 1. The lowest BCUT2D eigenvalue weighted by Crippen LogP contribution is -2.13. The minimum Gasteiger partial charge on any atom is -0.473 e. The van der Waals surface area contributed by atoms with Crippen LogP contribution in [0.25, 0.3) is 11.3 Å². The maximum atomic E-state index is 14.4. The Hall–Kier alpha value is -2.73. The summed E-state index contributed by atoms with van der Waals surface area (Å²) in [5.41, 5.74) is -1.10. The zero-order valence-corrected chi connectivity index (χ0v) is 15.5. The van der Waals surface area contributed by atoms with Gasteiger partial charge in [0, 0.05) is 24.1 Å². The monoisotopic (exact) mass is 403 g/mol. The van der Waals surface area contributed by atoms with Gasteiger partial charge >= 0.3 is 12.1 Å². The molecule has 0 spiro atoms. The fraction of sp³-hybridized carbons (Fsp3) is 0.294. The number of ether oxygens (including phenoxy) is 1. The standard InChI is InChI=1S/C17H14ClF4N3O2/c1-9-7-12(18)10(5-6-13(26-3)24-27-4)8-11(9)15-14(19)16(17(20,21)22)25(2)23-15/h7-8H,1-4H3/b24-13+. The van der Waals surface area contributed by atoms with Crippen molar-refractivity contribution < 1.29 is 27.1 Å². The fourth-order valence-electron chi connectivity index (χ4n) is 2.32. The molecule has 1 aromatic heterocycles. The van der Waals surface area contributed by atoms with Gasteiger partial charge in [0.1, 0.15) is 12.8 Å². The van der Waals surface area contributed by atoms with Gasteiger partial charge in [-0.2, -0.15) is 18.3 Å². The van der Waals surface area contributed by atoms with Crippen molar-refractivity contribution in [3.63, 3.8) is 0 Å². The van der Waals surface area contributed by atoms with Crippen LogP contribution in [0, 0.1) is 24.6 Å². The van der Waals surface area contributed by atoms with E-state index in [2.05, 4.69) is 26.9 Å². The molecule has 2 aromatic rings. The lowest BCUT2D eigenvalue weighted by molar-refractivity contribution is -0.146. The van der Waals surface area contributed by atoms with Crippen LogP contribution in [-0.4, -0.2) is 29.9 Å². The highest BCUT2D eigenvalue weighted by atomic mass is 35.5. The van der Waals surface area contributed by atoms with Crippen molar-refractivity contribution in [3.05, 3.63) is 39.8 Å². The summed E-state index contributed by atoms with van der Waals surface area (Å²) in [5, 5.41) is 7.43. The molecule has 1 heterocycles. The van der Waals surface area contributed by atoms with E-state index >= 15 is 0 Å². The number of methoxy groups -OCH3 is 1. The molecule has 144 valence electrons. The largest absolute Gasteiger partial charge is 0.473 e. The Morgan fingerprint density at radius 3 is 2.48 bits per heavy atom. The molecule has 0 atom stereocenters. The molecule has 2 rings (SSSR count). The second kappa shape index (κ2) is 7.88. The van der Waals surface area contributed by atoms with Gasteiger partial charge in [-0.1, -0.05) is 17.5 Å². The van der Waals surface area contributed by atoms with Gasteiger partial charge in [-0.25, -0.2) is 4.39 Å². The highest BCUT2D eigenvalue weighted by Gasteiger charge is 2.40. The van der Waals surface area contributed by atoms with Crippen LogP contribution in [-0.2, 0) is 22.8 Å². The molecule has 27 heavy (non-hydrogen) atoms. The first-order chi connectivity index (χ1) is 12.6. The average molecular weight is 404 g/mol. The van der Waals surface area contributed by atoms with E-state index in [1.165, 1.54) is 26.4 Å². The Morgan fingerprint density at radius 1 is 1.30 bits per heavy atom. The molecule has 10 heteroatoms. The quantitative estimate of drug-likeness (QED) is 0.249. The molecule has 0 saturated heterocycles. The van der Waals surface area contributed by atoms with Crippen LogP contribution in [0.2, 0.25) is 5.02 Å². The van der Waals surface area contributed by atoms with Crippen molar-refractivity contribution in [2.75, 3.05) is 14.2 Å². The van der Waals surface area contributed by atoms with Gasteiger partial charge in [0.15, 0.2) is 11.5 Å². The van der Waals surface area contributed by atoms with Crippen LogP contribution in [0.5, 0.6) is 0 Å². The van der Waals surface area contributed by atoms with E-state index in [1.54, 1.807) is 6.92 Å². The van der Waals surface area contributed by atoms with Crippen molar-refractivity contribution in [1.29, 1.82) is 0 Å². The molecule has 1 aromatic carbocycles. The molecule has 0 saturated carbocycles. The van der Waals surface area contributed by atoms with E-state index < -0.39 is 23.4 Å². The summed E-state index contributed by atoms with van der Waals surface area (Å²) in [7, 11) is 3.66. The summed E-state index contributed by atoms with van der Waals surface area (Å²) in [4.78, 5) is 4.55. The van der Waals surface area contributed by atoms with Gasteiger partial charge in [0.25, 0.3) is 0 Å². The Balaban J connectivity index is 2.62. The van der Waals surface area contributed by atoms with Gasteiger partial charge in [0.05, 0.1) is 12.1 Å². The van der Waals surface area contributed by atoms with Gasteiger partial charge in [-0.3, -0.25) is 4.68 Å². The van der Waals surface area contributed by atoms with E-state index in [-0.39, 0.29) is 22.0 Å². The van der Waals surface area contributed by atoms with Crippen LogP contribution in [0.15, 0.2) is 17.3 Å². The Bertz CT molecular complexity index is 956. The smallest absolute Gasteiger partial charge is 0.435 e. The zero-order chi connectivity index (χ0) is 20.4. The molecule has 0 N–H and O–H groups in total. The van der Waals surface area contributed by atoms with Crippen LogP contribution in [0.3, 0.4) is 0 Å². The first-order valence-electron chi connectivity index (χ1n) is 7.37. The van der Waals surface area contributed by atoms with Crippen molar-refractivity contribution in [2.24, 2.45) is 12.2 Å². The number of hydrogen-bond acceptors (Lipinski definition) is 4. The first-order valence-corrected chi connectivity index (χ1v) is 7.75. The molecule has 5 nitrogen and oxygen atoms in total. The number of rotatable bonds is 2. The maximum Gasteiger partial charge on any atom is 0.435 e. The predicted octanol–water partition coefficient (Wildman–Crippen LogP) is 4.16. The van der Waals surface area contributed by atoms with Crippen molar-refractivity contribution >= 4 is 17.5 Å². The number of alkyl halides is 3. The lowest BCUT2D eigenvalue weighted by atomic mass is 10.0. The molecule has 0 aliphatic carbocycles. The Kier molecular flexibility index (Phi) is 6.01. The number of aryl methyl sites for hydroxylation is 2. The predicted molar refractivity (Wildman–Crippen MR) is 91.7 cm³/mol. The lowest BCUT2D eigenvalue weighted by Gasteiger charge is -2.07. The number of nitrogens with zero attached hydrogens (tertiary/aromatic N) is 3. The molecule has 0 aliphatic rings. The van der Waals surface area contributed by atoms with Gasteiger partial charge in [-0.05, 0) is 29.8 Å². The van der Waals surface area contributed by atoms with Crippen LogP contribution < -0.4 is 0 Å². The van der Waals surface area contributed by atoms with Crippen molar-refractivity contribution in [1.82, 2.24) is 9.78 Å². The number of benzene rings is 1. The third kappa shape index (κ3) is 4.34. The highest BCUT2D eigenvalue weighted by Crippen LogP contribution is 2.37. The SMILES string of the molecule is CO/N=C(\C#Cc1cc(-c2nn(C)c(C(F)(F)F)c2F)c(C)cc1Cl)OC. The molecule has 0 amide bonds. The molecule has 0 bridgehead atoms. The van der Waals surface area contributed by atoms with E-state index in [0.29, 0.717) is 10.2 Å². The van der Waals surface area contributed by atoms with Gasteiger partial charge < -0.3 is 9.57 Å². The van der Waals surface area contributed by atoms with E-state index in [0.717, 1.165) is 7.05 Å². The molecular weight excluding hydrogens is 390 g/mol. The second-order valence-electron chi connectivity index (χ2n) is 5.31. The summed E-state index contributed by atoms with van der Waals surface area (Å²) in [6.07, 6.45) is -4.88. The van der Waals surface area contributed by atoms with Gasteiger partial charge in [0.2, 0.25) is 0 Å². The summed E-state index contributed by atoms with van der Waals surface area (Å²) in [6, 6.07) is 2.82. The average Bonchev–Trinajstić information content (AvgIpc) is 2.87. The minimum absolute atomic E-state index is 0.0425. The fourth-order valence-corrected chi connectivity index (χ4v) is 2.58. The third-order valence-corrected chi connectivity index (χ3v) is 3.81. The number of aromatic nitrogens is 2. The second-order valence-corrected chi connectivity index (χ2v) is 5.72. The van der Waals surface area contributed by atoms with Crippen LogP contribution in [0.4, 0.5) is 17.6 Å². The van der Waals surface area contributed by atoms with Crippen molar-refractivity contribution in [2.45, 2.75) is 13.1 Å². The maximum absolute atomic E-state index is 14.4. The van der Waals surface area contributed by atoms with Gasteiger partial charge in [-0.15, -0.1) is 0 Å². The normalized spacial score (nSPS) is 11.8.